The number of esters is 1. The van der Waals surface area contributed by atoms with Crippen LogP contribution >= 0.6 is 38.5 Å². The minimum absolute atomic E-state index is 0.211. The van der Waals surface area contributed by atoms with Gasteiger partial charge in [0.05, 0.1) is 12.2 Å². The predicted octanol–water partition coefficient (Wildman–Crippen LogP) is 3.80. The van der Waals surface area contributed by atoms with E-state index < -0.39 is 0 Å². The van der Waals surface area contributed by atoms with Gasteiger partial charge in [-0.25, -0.2) is 4.79 Å². The lowest BCUT2D eigenvalue weighted by molar-refractivity contribution is 0.0524. The van der Waals surface area contributed by atoms with Crippen molar-refractivity contribution in [1.29, 1.82) is 0 Å². The molecule has 2 nitrogen and oxygen atoms in total. The number of carbonyl (C=O) groups is 1. The van der Waals surface area contributed by atoms with Gasteiger partial charge in [-0.2, -0.15) is 0 Å². The summed E-state index contributed by atoms with van der Waals surface area (Å²) in [5, 5.41) is 0.945. The standard InChI is InChI=1S/C12H14BrIO2/c1-2-16-12(15)11-9(6-4-8-13)5-3-7-10(11)14/h3,5,7H,2,4,6,8H2,1H3. The lowest BCUT2D eigenvalue weighted by Crippen LogP contribution is -2.10. The molecule has 0 aliphatic carbocycles. The van der Waals surface area contributed by atoms with E-state index in [2.05, 4.69) is 38.5 Å². The van der Waals surface area contributed by atoms with E-state index in [1.54, 1.807) is 0 Å². The van der Waals surface area contributed by atoms with E-state index in [0.717, 1.165) is 32.9 Å². The van der Waals surface area contributed by atoms with E-state index in [1.807, 2.05) is 25.1 Å². The fraction of sp³-hybridized carbons (Fsp3) is 0.417. The van der Waals surface area contributed by atoms with Gasteiger partial charge in [-0.1, -0.05) is 28.1 Å². The summed E-state index contributed by atoms with van der Waals surface area (Å²) in [4.78, 5) is 11.8. The molecule has 0 saturated carbocycles. The van der Waals surface area contributed by atoms with Gasteiger partial charge in [0.25, 0.3) is 0 Å². The molecule has 16 heavy (non-hydrogen) atoms. The molecule has 0 spiro atoms. The second-order valence-corrected chi connectivity index (χ2v) is 5.24. The number of benzene rings is 1. The normalized spacial score (nSPS) is 10.2. The molecule has 0 bridgehead atoms. The number of alkyl halides is 1. The maximum Gasteiger partial charge on any atom is 0.339 e. The Labute approximate surface area is 118 Å². The van der Waals surface area contributed by atoms with Gasteiger partial charge in [0.15, 0.2) is 0 Å². The molecule has 1 aromatic rings. The second kappa shape index (κ2) is 7.27. The lowest BCUT2D eigenvalue weighted by atomic mass is 10.0. The van der Waals surface area contributed by atoms with E-state index in [9.17, 15) is 4.79 Å². The van der Waals surface area contributed by atoms with Crippen molar-refractivity contribution in [3.8, 4) is 0 Å². The third-order valence-electron chi connectivity index (χ3n) is 2.16. The van der Waals surface area contributed by atoms with E-state index in [-0.39, 0.29) is 5.97 Å². The van der Waals surface area contributed by atoms with E-state index in [1.165, 1.54) is 0 Å². The zero-order valence-corrected chi connectivity index (χ0v) is 12.9. The van der Waals surface area contributed by atoms with Gasteiger partial charge in [-0.05, 0) is 54.0 Å². The maximum absolute atomic E-state index is 11.8. The third-order valence-corrected chi connectivity index (χ3v) is 3.62. The van der Waals surface area contributed by atoms with Gasteiger partial charge in [-0.3, -0.25) is 0 Å². The minimum Gasteiger partial charge on any atom is -0.462 e. The molecular formula is C12H14BrIO2. The van der Waals surface area contributed by atoms with Crippen LogP contribution in [0.1, 0.15) is 29.3 Å². The molecule has 0 aliphatic rings. The summed E-state index contributed by atoms with van der Waals surface area (Å²) < 4.78 is 6.04. The van der Waals surface area contributed by atoms with E-state index in [0.29, 0.717) is 6.61 Å². The minimum atomic E-state index is -0.211. The van der Waals surface area contributed by atoms with Crippen molar-refractivity contribution in [3.63, 3.8) is 0 Å². The van der Waals surface area contributed by atoms with Crippen molar-refractivity contribution in [3.05, 3.63) is 32.9 Å². The monoisotopic (exact) mass is 396 g/mol. The average molecular weight is 397 g/mol. The molecule has 1 aromatic carbocycles. The van der Waals surface area contributed by atoms with E-state index >= 15 is 0 Å². The van der Waals surface area contributed by atoms with E-state index in [4.69, 9.17) is 4.74 Å². The first-order valence-electron chi connectivity index (χ1n) is 5.21. The SMILES string of the molecule is CCOC(=O)c1c(I)cccc1CCCBr. The van der Waals surface area contributed by atoms with Gasteiger partial charge in [-0.15, -0.1) is 0 Å². The summed E-state index contributed by atoms with van der Waals surface area (Å²) in [7, 11) is 0. The summed E-state index contributed by atoms with van der Waals surface area (Å²) in [6.07, 6.45) is 1.92. The van der Waals surface area contributed by atoms with Crippen LogP contribution in [0.15, 0.2) is 18.2 Å². The highest BCUT2D eigenvalue weighted by Gasteiger charge is 2.15. The molecule has 88 valence electrons. The highest BCUT2D eigenvalue weighted by molar-refractivity contribution is 14.1. The Hall–Kier alpha value is -0.100. The first kappa shape index (κ1) is 14.0. The third kappa shape index (κ3) is 3.73. The van der Waals surface area contributed by atoms with Crippen LogP contribution in [0.2, 0.25) is 0 Å². The Balaban J connectivity index is 2.98. The molecule has 4 heteroatoms. The van der Waals surface area contributed by atoms with Gasteiger partial charge in [0.2, 0.25) is 0 Å². The fourth-order valence-corrected chi connectivity index (χ4v) is 2.52. The Morgan fingerprint density at radius 2 is 2.25 bits per heavy atom. The molecule has 0 atom stereocenters. The molecule has 0 heterocycles. The number of hydrogen-bond acceptors (Lipinski definition) is 2. The van der Waals surface area contributed by atoms with Crippen molar-refractivity contribution in [2.45, 2.75) is 19.8 Å². The van der Waals surface area contributed by atoms with Crippen molar-refractivity contribution in [1.82, 2.24) is 0 Å². The van der Waals surface area contributed by atoms with Crippen LogP contribution < -0.4 is 0 Å². The first-order chi connectivity index (χ1) is 7.70. The molecule has 0 aromatic heterocycles. The van der Waals surface area contributed by atoms with Gasteiger partial charge in [0.1, 0.15) is 0 Å². The smallest absolute Gasteiger partial charge is 0.339 e. The Bertz CT molecular complexity index is 366. The Morgan fingerprint density at radius 3 is 2.88 bits per heavy atom. The number of rotatable bonds is 5. The summed E-state index contributed by atoms with van der Waals surface area (Å²) in [6.45, 7) is 2.24. The summed E-state index contributed by atoms with van der Waals surface area (Å²) in [5.74, 6) is -0.211. The van der Waals surface area contributed by atoms with Crippen LogP contribution in [0.4, 0.5) is 0 Å². The lowest BCUT2D eigenvalue weighted by Gasteiger charge is -2.10. The summed E-state index contributed by atoms with van der Waals surface area (Å²) >= 11 is 5.58. The number of carbonyl (C=O) groups excluding carboxylic acids is 1. The van der Waals surface area contributed by atoms with Crippen molar-refractivity contribution in [2.75, 3.05) is 11.9 Å². The molecule has 0 aliphatic heterocycles. The molecule has 0 fully saturated rings. The van der Waals surface area contributed by atoms with Gasteiger partial charge < -0.3 is 4.74 Å². The van der Waals surface area contributed by atoms with Crippen LogP contribution in [-0.2, 0) is 11.2 Å². The van der Waals surface area contributed by atoms with Crippen LogP contribution in [0.25, 0.3) is 0 Å². The molecule has 0 radical (unpaired) electrons. The second-order valence-electron chi connectivity index (χ2n) is 3.29. The molecule has 0 saturated heterocycles. The number of halogens is 2. The predicted molar refractivity (Wildman–Crippen MR) is 77.2 cm³/mol. The topological polar surface area (TPSA) is 26.3 Å². The van der Waals surface area contributed by atoms with Crippen LogP contribution in [0, 0.1) is 3.57 Å². The van der Waals surface area contributed by atoms with Crippen molar-refractivity contribution in [2.24, 2.45) is 0 Å². The average Bonchev–Trinajstić information content (AvgIpc) is 2.26. The van der Waals surface area contributed by atoms with Crippen LogP contribution in [-0.4, -0.2) is 17.9 Å². The summed E-state index contributed by atoms with van der Waals surface area (Å²) in [6, 6.07) is 5.91. The quantitative estimate of drug-likeness (QED) is 0.430. The molecule has 0 amide bonds. The van der Waals surface area contributed by atoms with Gasteiger partial charge in [0, 0.05) is 8.90 Å². The Kier molecular flexibility index (Phi) is 6.34. The van der Waals surface area contributed by atoms with Crippen LogP contribution in [0.5, 0.6) is 0 Å². The highest BCUT2D eigenvalue weighted by Crippen LogP contribution is 2.20. The zero-order valence-electron chi connectivity index (χ0n) is 9.13. The number of hydrogen-bond donors (Lipinski definition) is 0. The Morgan fingerprint density at radius 1 is 1.50 bits per heavy atom. The van der Waals surface area contributed by atoms with Gasteiger partial charge >= 0.3 is 5.97 Å². The largest absolute Gasteiger partial charge is 0.462 e. The van der Waals surface area contributed by atoms with Crippen molar-refractivity contribution >= 4 is 44.5 Å². The van der Waals surface area contributed by atoms with Crippen molar-refractivity contribution < 1.29 is 9.53 Å². The number of ether oxygens (including phenoxy) is 1. The summed E-state index contributed by atoms with van der Waals surface area (Å²) in [5.41, 5.74) is 1.80. The highest BCUT2D eigenvalue weighted by atomic mass is 127. The molecule has 1 rings (SSSR count). The molecule has 0 N–H and O–H groups in total. The van der Waals surface area contributed by atoms with Crippen LogP contribution in [0.3, 0.4) is 0 Å². The fourth-order valence-electron chi connectivity index (χ4n) is 1.47. The molecule has 0 unspecified atom stereocenters. The first-order valence-corrected chi connectivity index (χ1v) is 7.41. The zero-order chi connectivity index (χ0) is 12.0. The number of aryl methyl sites for hydroxylation is 1. The maximum atomic E-state index is 11.8. The molecular weight excluding hydrogens is 383 g/mol.